The molecule has 102 valence electrons. The molecule has 0 spiro atoms. The fourth-order valence-corrected chi connectivity index (χ4v) is 1.84. The van der Waals surface area contributed by atoms with Crippen LogP contribution in [0.3, 0.4) is 0 Å². The number of hydrogen-bond donors (Lipinski definition) is 2. The standard InChI is InChI=1S/C14H14N4O2/c1-2-9(19)8-20-13-7-12(17-18-13)14-15-10-5-3-4-6-11(10)16-14/h3-7H,2,8H2,1H3,(H,15,16)(H,17,18). The first-order valence-electron chi connectivity index (χ1n) is 6.41. The highest BCUT2D eigenvalue weighted by molar-refractivity contribution is 5.80. The molecule has 6 heteroatoms. The number of hydrogen-bond acceptors (Lipinski definition) is 4. The largest absolute Gasteiger partial charge is 0.469 e. The zero-order valence-corrected chi connectivity index (χ0v) is 11.0. The van der Waals surface area contributed by atoms with Gasteiger partial charge in [-0.05, 0) is 12.1 Å². The average Bonchev–Trinajstić information content (AvgIpc) is 3.10. The van der Waals surface area contributed by atoms with Gasteiger partial charge in [0.05, 0.1) is 11.0 Å². The maximum Gasteiger partial charge on any atom is 0.233 e. The molecule has 1 aromatic carbocycles. The van der Waals surface area contributed by atoms with Crippen molar-refractivity contribution in [1.29, 1.82) is 0 Å². The molecule has 2 aromatic heterocycles. The van der Waals surface area contributed by atoms with Crippen molar-refractivity contribution in [3.63, 3.8) is 0 Å². The molecule has 0 bridgehead atoms. The lowest BCUT2D eigenvalue weighted by atomic mass is 10.3. The quantitative estimate of drug-likeness (QED) is 0.745. The second-order valence-electron chi connectivity index (χ2n) is 4.40. The number of carbonyl (C=O) groups is 1. The molecule has 0 aliphatic carbocycles. The van der Waals surface area contributed by atoms with Gasteiger partial charge in [-0.15, -0.1) is 5.10 Å². The molecule has 0 atom stereocenters. The van der Waals surface area contributed by atoms with E-state index < -0.39 is 0 Å². The van der Waals surface area contributed by atoms with Gasteiger partial charge in [-0.25, -0.2) is 4.98 Å². The lowest BCUT2D eigenvalue weighted by molar-refractivity contribution is -0.120. The van der Waals surface area contributed by atoms with Crippen LogP contribution < -0.4 is 4.74 Å². The summed E-state index contributed by atoms with van der Waals surface area (Å²) in [5.41, 5.74) is 2.57. The van der Waals surface area contributed by atoms with Gasteiger partial charge in [0, 0.05) is 12.5 Å². The lowest BCUT2D eigenvalue weighted by Gasteiger charge is -1.98. The number of H-pyrrole nitrogens is 2. The van der Waals surface area contributed by atoms with Crippen LogP contribution in [-0.2, 0) is 4.79 Å². The minimum absolute atomic E-state index is 0.0401. The summed E-state index contributed by atoms with van der Waals surface area (Å²) < 4.78 is 5.30. The third-order valence-electron chi connectivity index (χ3n) is 2.97. The molecule has 6 nitrogen and oxygen atoms in total. The number of Topliss-reactive ketones (excluding diaryl/α,β-unsaturated/α-hetero) is 1. The Hall–Kier alpha value is -2.63. The maximum atomic E-state index is 11.2. The van der Waals surface area contributed by atoms with E-state index in [9.17, 15) is 4.79 Å². The van der Waals surface area contributed by atoms with E-state index in [1.807, 2.05) is 24.3 Å². The van der Waals surface area contributed by atoms with Gasteiger partial charge in [-0.1, -0.05) is 19.1 Å². The van der Waals surface area contributed by atoms with Crippen molar-refractivity contribution in [1.82, 2.24) is 20.2 Å². The number of nitrogens with zero attached hydrogens (tertiary/aromatic N) is 2. The van der Waals surface area contributed by atoms with Crippen LogP contribution in [0.25, 0.3) is 22.6 Å². The summed E-state index contributed by atoms with van der Waals surface area (Å²) in [4.78, 5) is 18.9. The van der Waals surface area contributed by atoms with E-state index in [4.69, 9.17) is 4.74 Å². The Kier molecular flexibility index (Phi) is 3.20. The highest BCUT2D eigenvalue weighted by atomic mass is 16.5. The van der Waals surface area contributed by atoms with Crippen molar-refractivity contribution in [3.8, 4) is 17.4 Å². The van der Waals surface area contributed by atoms with Crippen molar-refractivity contribution >= 4 is 16.8 Å². The molecular weight excluding hydrogens is 256 g/mol. The zero-order valence-electron chi connectivity index (χ0n) is 11.0. The molecule has 0 amide bonds. The lowest BCUT2D eigenvalue weighted by Crippen LogP contribution is -2.09. The molecular formula is C14H14N4O2. The fraction of sp³-hybridized carbons (Fsp3) is 0.214. The van der Waals surface area contributed by atoms with E-state index in [-0.39, 0.29) is 12.4 Å². The Morgan fingerprint density at radius 1 is 1.35 bits per heavy atom. The van der Waals surface area contributed by atoms with Crippen LogP contribution in [-0.4, -0.2) is 32.6 Å². The van der Waals surface area contributed by atoms with Crippen molar-refractivity contribution < 1.29 is 9.53 Å². The third kappa shape index (κ3) is 2.40. The van der Waals surface area contributed by atoms with E-state index in [1.54, 1.807) is 13.0 Å². The Bertz CT molecular complexity index is 711. The molecule has 20 heavy (non-hydrogen) atoms. The van der Waals surface area contributed by atoms with Crippen LogP contribution in [0.2, 0.25) is 0 Å². The monoisotopic (exact) mass is 270 g/mol. The molecule has 0 fully saturated rings. The third-order valence-corrected chi connectivity index (χ3v) is 2.97. The fourth-order valence-electron chi connectivity index (χ4n) is 1.84. The van der Waals surface area contributed by atoms with Gasteiger partial charge >= 0.3 is 0 Å². The molecule has 0 unspecified atom stereocenters. The normalized spacial score (nSPS) is 10.8. The number of ketones is 1. The topological polar surface area (TPSA) is 83.7 Å². The summed E-state index contributed by atoms with van der Waals surface area (Å²) in [6.45, 7) is 1.84. The highest BCUT2D eigenvalue weighted by Crippen LogP contribution is 2.21. The number of imidazole rings is 1. The molecule has 0 saturated carbocycles. The van der Waals surface area contributed by atoms with Crippen molar-refractivity contribution in [2.75, 3.05) is 6.61 Å². The summed E-state index contributed by atoms with van der Waals surface area (Å²) in [5.74, 6) is 1.12. The SMILES string of the molecule is CCC(=O)COc1cc(-c2nc3ccccc3[nH]2)[nH]n1. The predicted molar refractivity (Wildman–Crippen MR) is 74.5 cm³/mol. The first-order chi connectivity index (χ1) is 9.76. The van der Waals surface area contributed by atoms with Crippen LogP contribution in [0.5, 0.6) is 5.88 Å². The van der Waals surface area contributed by atoms with Gasteiger partial charge in [0.15, 0.2) is 11.6 Å². The van der Waals surface area contributed by atoms with Crippen LogP contribution in [0, 0.1) is 0 Å². The molecule has 0 aliphatic heterocycles. The predicted octanol–water partition coefficient (Wildman–Crippen LogP) is 2.31. The number of nitrogens with one attached hydrogen (secondary N) is 2. The van der Waals surface area contributed by atoms with Crippen molar-refractivity contribution in [3.05, 3.63) is 30.3 Å². The summed E-state index contributed by atoms with van der Waals surface area (Å²) in [5, 5.41) is 6.85. The Morgan fingerprint density at radius 2 is 2.20 bits per heavy atom. The Balaban J connectivity index is 1.80. The van der Waals surface area contributed by atoms with Crippen LogP contribution in [0.1, 0.15) is 13.3 Å². The van der Waals surface area contributed by atoms with Gasteiger partial charge in [0.1, 0.15) is 12.3 Å². The van der Waals surface area contributed by atoms with Crippen LogP contribution in [0.15, 0.2) is 30.3 Å². The minimum atomic E-state index is 0.0401. The first kappa shape index (κ1) is 12.4. The Morgan fingerprint density at radius 3 is 3.00 bits per heavy atom. The van der Waals surface area contributed by atoms with Crippen molar-refractivity contribution in [2.45, 2.75) is 13.3 Å². The summed E-state index contributed by atoms with van der Waals surface area (Å²) in [7, 11) is 0. The summed E-state index contributed by atoms with van der Waals surface area (Å²) >= 11 is 0. The molecule has 0 aliphatic rings. The number of aromatic amines is 2. The van der Waals surface area contributed by atoms with Crippen LogP contribution >= 0.6 is 0 Å². The highest BCUT2D eigenvalue weighted by Gasteiger charge is 2.10. The minimum Gasteiger partial charge on any atom is -0.469 e. The second kappa shape index (κ2) is 5.16. The number of carbonyl (C=O) groups excluding carboxylic acids is 1. The zero-order chi connectivity index (χ0) is 13.9. The Labute approximate surface area is 115 Å². The second-order valence-corrected chi connectivity index (χ2v) is 4.40. The van der Waals surface area contributed by atoms with Gasteiger partial charge in [-0.3, -0.25) is 9.89 Å². The van der Waals surface area contributed by atoms with Gasteiger partial charge in [-0.2, -0.15) is 0 Å². The van der Waals surface area contributed by atoms with E-state index in [1.165, 1.54) is 0 Å². The first-order valence-corrected chi connectivity index (χ1v) is 6.41. The van der Waals surface area contributed by atoms with Gasteiger partial charge in [0.2, 0.25) is 5.88 Å². The van der Waals surface area contributed by atoms with E-state index in [2.05, 4.69) is 20.2 Å². The molecule has 3 rings (SSSR count). The molecule has 0 saturated heterocycles. The smallest absolute Gasteiger partial charge is 0.233 e. The molecule has 0 radical (unpaired) electrons. The number of benzene rings is 1. The van der Waals surface area contributed by atoms with Gasteiger partial charge < -0.3 is 9.72 Å². The van der Waals surface area contributed by atoms with E-state index in [0.29, 0.717) is 18.1 Å². The average molecular weight is 270 g/mol. The number of para-hydroxylation sites is 2. The number of rotatable bonds is 5. The maximum absolute atomic E-state index is 11.2. The number of fused-ring (bicyclic) bond motifs is 1. The number of ether oxygens (including phenoxy) is 1. The van der Waals surface area contributed by atoms with E-state index in [0.717, 1.165) is 16.7 Å². The summed E-state index contributed by atoms with van der Waals surface area (Å²) in [6, 6.07) is 9.50. The van der Waals surface area contributed by atoms with Gasteiger partial charge in [0.25, 0.3) is 0 Å². The van der Waals surface area contributed by atoms with Crippen LogP contribution in [0.4, 0.5) is 0 Å². The summed E-state index contributed by atoms with van der Waals surface area (Å²) in [6.07, 6.45) is 0.459. The molecule has 3 aromatic rings. The molecule has 2 heterocycles. The molecule has 2 N–H and O–H groups in total. The van der Waals surface area contributed by atoms with E-state index >= 15 is 0 Å². The number of aromatic nitrogens is 4. The van der Waals surface area contributed by atoms with Crippen molar-refractivity contribution in [2.24, 2.45) is 0 Å².